The first-order chi connectivity index (χ1) is 12.2. The number of carbonyl (C=O) groups excluding carboxylic acids is 1. The Labute approximate surface area is 150 Å². The fraction of sp³-hybridized carbons (Fsp3) is 0.300. The zero-order valence-corrected chi connectivity index (χ0v) is 14.9. The lowest BCUT2D eigenvalue weighted by molar-refractivity contribution is 0.0859. The number of thiophene rings is 1. The predicted molar refractivity (Wildman–Crippen MR) is 101 cm³/mol. The number of hydrogen-bond acceptors (Lipinski definition) is 4. The molecule has 2 aromatic heterocycles. The molecule has 1 unspecified atom stereocenters. The normalized spacial score (nSPS) is 17.1. The minimum Gasteiger partial charge on any atom is -0.376 e. The molecule has 25 heavy (non-hydrogen) atoms. The van der Waals surface area contributed by atoms with E-state index < -0.39 is 0 Å². The van der Waals surface area contributed by atoms with E-state index >= 15 is 0 Å². The Balaban J connectivity index is 1.71. The summed E-state index contributed by atoms with van der Waals surface area (Å²) >= 11 is 1.68. The summed E-state index contributed by atoms with van der Waals surface area (Å²) in [7, 11) is 0. The lowest BCUT2D eigenvalue weighted by Gasteiger charge is -2.13. The number of carbonyl (C=O) groups is 1. The maximum atomic E-state index is 12.8. The summed E-state index contributed by atoms with van der Waals surface area (Å²) in [6.45, 7) is 3.29. The van der Waals surface area contributed by atoms with Gasteiger partial charge in [-0.05, 0) is 37.3 Å². The highest BCUT2D eigenvalue weighted by Crippen LogP contribution is 2.32. The average Bonchev–Trinajstić information content (AvgIpc) is 3.32. The first kappa shape index (κ1) is 16.2. The van der Waals surface area contributed by atoms with Crippen molar-refractivity contribution in [3.8, 4) is 10.4 Å². The van der Waals surface area contributed by atoms with Gasteiger partial charge in [0.05, 0.1) is 17.2 Å². The second kappa shape index (κ2) is 6.94. The average molecular weight is 352 g/mol. The van der Waals surface area contributed by atoms with E-state index in [2.05, 4.69) is 22.8 Å². The highest BCUT2D eigenvalue weighted by atomic mass is 32.1. The van der Waals surface area contributed by atoms with Crippen LogP contribution in [0.3, 0.4) is 0 Å². The molecule has 0 radical (unpaired) electrons. The van der Waals surface area contributed by atoms with Crippen LogP contribution in [0.2, 0.25) is 0 Å². The van der Waals surface area contributed by atoms with Crippen LogP contribution < -0.4 is 5.32 Å². The zero-order valence-electron chi connectivity index (χ0n) is 14.1. The molecule has 0 bridgehead atoms. The topological polar surface area (TPSA) is 51.2 Å². The van der Waals surface area contributed by atoms with Gasteiger partial charge in [0.15, 0.2) is 0 Å². The Hall–Kier alpha value is -2.24. The number of fused-ring (bicyclic) bond motifs is 1. The Morgan fingerprint density at radius 1 is 1.36 bits per heavy atom. The van der Waals surface area contributed by atoms with Crippen LogP contribution in [0, 0.1) is 6.92 Å². The van der Waals surface area contributed by atoms with E-state index in [4.69, 9.17) is 9.72 Å². The van der Waals surface area contributed by atoms with Gasteiger partial charge in [-0.1, -0.05) is 24.3 Å². The summed E-state index contributed by atoms with van der Waals surface area (Å²) in [5.74, 6) is -0.0608. The number of rotatable bonds is 4. The molecule has 1 aliphatic rings. The third-order valence-corrected chi connectivity index (χ3v) is 5.42. The van der Waals surface area contributed by atoms with E-state index in [0.29, 0.717) is 12.1 Å². The summed E-state index contributed by atoms with van der Waals surface area (Å²) in [5, 5.41) is 5.97. The van der Waals surface area contributed by atoms with Gasteiger partial charge in [-0.3, -0.25) is 9.78 Å². The van der Waals surface area contributed by atoms with Gasteiger partial charge >= 0.3 is 0 Å². The number of amides is 1. The number of nitrogens with zero attached hydrogens (tertiary/aromatic N) is 1. The van der Waals surface area contributed by atoms with Crippen LogP contribution in [0.1, 0.15) is 28.9 Å². The lowest BCUT2D eigenvalue weighted by atomic mass is 10.0. The summed E-state index contributed by atoms with van der Waals surface area (Å²) in [6.07, 6.45) is 2.22. The molecule has 1 aromatic carbocycles. The summed E-state index contributed by atoms with van der Waals surface area (Å²) in [6, 6.07) is 12.0. The smallest absolute Gasteiger partial charge is 0.252 e. The molecule has 128 valence electrons. The Morgan fingerprint density at radius 3 is 3.04 bits per heavy atom. The Morgan fingerprint density at radius 2 is 2.28 bits per heavy atom. The number of pyridine rings is 1. The molecule has 1 atom stereocenters. The van der Waals surface area contributed by atoms with E-state index in [-0.39, 0.29) is 12.0 Å². The maximum Gasteiger partial charge on any atom is 0.252 e. The first-order valence-corrected chi connectivity index (χ1v) is 9.44. The molecule has 1 aliphatic heterocycles. The highest BCUT2D eigenvalue weighted by Gasteiger charge is 2.19. The van der Waals surface area contributed by atoms with Gasteiger partial charge in [-0.25, -0.2) is 0 Å². The van der Waals surface area contributed by atoms with Crippen molar-refractivity contribution in [2.75, 3.05) is 13.2 Å². The maximum absolute atomic E-state index is 12.8. The van der Waals surface area contributed by atoms with E-state index in [9.17, 15) is 4.79 Å². The number of hydrogen-bond donors (Lipinski definition) is 1. The van der Waals surface area contributed by atoms with Crippen LogP contribution in [0.5, 0.6) is 0 Å². The summed E-state index contributed by atoms with van der Waals surface area (Å²) in [4.78, 5) is 18.6. The molecule has 1 saturated heterocycles. The minimum atomic E-state index is -0.0608. The van der Waals surface area contributed by atoms with Gasteiger partial charge in [0.25, 0.3) is 5.91 Å². The van der Waals surface area contributed by atoms with Gasteiger partial charge < -0.3 is 10.1 Å². The molecular weight excluding hydrogens is 332 g/mol. The number of aryl methyl sites for hydroxylation is 1. The molecule has 3 heterocycles. The summed E-state index contributed by atoms with van der Waals surface area (Å²) < 4.78 is 5.59. The van der Waals surface area contributed by atoms with Gasteiger partial charge in [0.1, 0.15) is 0 Å². The standard InChI is InChI=1S/C20H20N2O2S/c1-13-11-17(20(23)21-12-14-5-3-9-24-14)15-6-2-7-16(19(15)22-13)18-8-4-10-25-18/h2,4,6-8,10-11,14H,3,5,9,12H2,1H3,(H,21,23). The number of benzene rings is 1. The first-order valence-electron chi connectivity index (χ1n) is 8.56. The van der Waals surface area contributed by atoms with Crippen LogP contribution in [-0.2, 0) is 4.74 Å². The highest BCUT2D eigenvalue weighted by molar-refractivity contribution is 7.13. The third kappa shape index (κ3) is 3.30. The second-order valence-electron chi connectivity index (χ2n) is 6.34. The van der Waals surface area contributed by atoms with E-state index in [1.165, 1.54) is 0 Å². The quantitative estimate of drug-likeness (QED) is 0.766. The van der Waals surface area contributed by atoms with Crippen molar-refractivity contribution in [2.45, 2.75) is 25.9 Å². The second-order valence-corrected chi connectivity index (χ2v) is 7.28. The molecule has 5 heteroatoms. The Bertz CT molecular complexity index is 899. The predicted octanol–water partition coefficient (Wildman–Crippen LogP) is 4.18. The molecule has 3 aromatic rings. The molecule has 4 rings (SSSR count). The lowest BCUT2D eigenvalue weighted by Crippen LogP contribution is -2.32. The van der Waals surface area contributed by atoms with Crippen molar-refractivity contribution in [1.29, 1.82) is 0 Å². The van der Waals surface area contributed by atoms with E-state index in [0.717, 1.165) is 46.5 Å². The SMILES string of the molecule is Cc1cc(C(=O)NCC2CCCO2)c2cccc(-c3cccs3)c2n1. The molecule has 0 spiro atoms. The van der Waals surface area contributed by atoms with Crippen molar-refractivity contribution < 1.29 is 9.53 Å². The zero-order chi connectivity index (χ0) is 17.2. The molecule has 1 N–H and O–H groups in total. The summed E-state index contributed by atoms with van der Waals surface area (Å²) in [5.41, 5.74) is 3.48. The van der Waals surface area contributed by atoms with Crippen LogP contribution >= 0.6 is 11.3 Å². The van der Waals surface area contributed by atoms with Crippen LogP contribution in [0.15, 0.2) is 41.8 Å². The Kier molecular flexibility index (Phi) is 4.51. The van der Waals surface area contributed by atoms with Crippen molar-refractivity contribution in [3.63, 3.8) is 0 Å². The largest absolute Gasteiger partial charge is 0.376 e. The van der Waals surface area contributed by atoms with Crippen LogP contribution in [0.25, 0.3) is 21.3 Å². The van der Waals surface area contributed by atoms with Crippen molar-refractivity contribution in [3.05, 3.63) is 53.0 Å². The van der Waals surface area contributed by atoms with Crippen LogP contribution in [0.4, 0.5) is 0 Å². The van der Waals surface area contributed by atoms with Crippen molar-refractivity contribution >= 4 is 28.1 Å². The van der Waals surface area contributed by atoms with Crippen molar-refractivity contribution in [1.82, 2.24) is 10.3 Å². The minimum absolute atomic E-state index is 0.0608. The molecule has 4 nitrogen and oxygen atoms in total. The molecule has 0 saturated carbocycles. The molecule has 1 fully saturated rings. The molecular formula is C20H20N2O2S. The third-order valence-electron chi connectivity index (χ3n) is 4.51. The van der Waals surface area contributed by atoms with E-state index in [1.807, 2.05) is 31.2 Å². The fourth-order valence-electron chi connectivity index (χ4n) is 3.30. The van der Waals surface area contributed by atoms with Crippen LogP contribution in [-0.4, -0.2) is 30.1 Å². The van der Waals surface area contributed by atoms with E-state index in [1.54, 1.807) is 11.3 Å². The van der Waals surface area contributed by atoms with Gasteiger partial charge in [-0.15, -0.1) is 11.3 Å². The monoisotopic (exact) mass is 352 g/mol. The molecule has 0 aliphatic carbocycles. The fourth-order valence-corrected chi connectivity index (χ4v) is 4.05. The number of para-hydroxylation sites is 1. The van der Waals surface area contributed by atoms with Gasteiger partial charge in [0.2, 0.25) is 0 Å². The number of aromatic nitrogens is 1. The van der Waals surface area contributed by atoms with Gasteiger partial charge in [-0.2, -0.15) is 0 Å². The number of ether oxygens (including phenoxy) is 1. The molecule has 1 amide bonds. The number of nitrogens with one attached hydrogen (secondary N) is 1. The van der Waals surface area contributed by atoms with Gasteiger partial charge in [0, 0.05) is 34.7 Å². The van der Waals surface area contributed by atoms with Crippen molar-refractivity contribution in [2.24, 2.45) is 0 Å².